The van der Waals surface area contributed by atoms with Gasteiger partial charge in [0.05, 0.1) is 42.7 Å². The number of carbonyl (C=O) groups is 1. The Kier molecular flexibility index (Phi) is 18.1. The quantitative estimate of drug-likeness (QED) is 0.0675. The maximum Gasteiger partial charge on any atom is 0.334 e. The molecule has 0 aromatic rings. The number of ether oxygens (including phenoxy) is 4. The van der Waals surface area contributed by atoms with Crippen LogP contribution in [0.1, 0.15) is 169 Å². The molecule has 8 nitrogen and oxygen atoms in total. The Morgan fingerprint density at radius 2 is 1.37 bits per heavy atom. The Labute approximate surface area is 280 Å². The zero-order valence-corrected chi connectivity index (χ0v) is 29.6. The number of hydrogen-bond donors (Lipinski definition) is 3. The van der Waals surface area contributed by atoms with Gasteiger partial charge in [-0.05, 0) is 78.2 Å². The zero-order valence-electron chi connectivity index (χ0n) is 29.6. The molecule has 8 atom stereocenters. The van der Waals surface area contributed by atoms with E-state index in [9.17, 15) is 20.1 Å². The number of aliphatic hydroxyl groups excluding tert-OH is 3. The maximum absolute atomic E-state index is 11.7. The van der Waals surface area contributed by atoms with Gasteiger partial charge in [0.25, 0.3) is 0 Å². The van der Waals surface area contributed by atoms with Gasteiger partial charge in [-0.3, -0.25) is 0 Å². The van der Waals surface area contributed by atoms with E-state index in [1.165, 1.54) is 57.8 Å². The Morgan fingerprint density at radius 1 is 0.783 bits per heavy atom. The molecule has 2 saturated heterocycles. The van der Waals surface area contributed by atoms with Crippen molar-refractivity contribution in [2.45, 2.75) is 224 Å². The summed E-state index contributed by atoms with van der Waals surface area (Å²) in [7, 11) is 0. The van der Waals surface area contributed by atoms with E-state index in [0.29, 0.717) is 37.7 Å². The van der Waals surface area contributed by atoms with Crippen molar-refractivity contribution in [2.24, 2.45) is 0 Å². The smallest absolute Gasteiger partial charge is 0.334 e. The SMILES string of the molecule is CCCCCCCCCCCCC1OC(C)(C)OC1CC[C@H](O)[C@@H]1CC[C@@H](C[C@H](O)CCCCC[C@@H](O)CC2=C[C@H](C)OC2=O)O1. The summed E-state index contributed by atoms with van der Waals surface area (Å²) < 4.78 is 23.8. The highest BCUT2D eigenvalue weighted by Gasteiger charge is 2.41. The van der Waals surface area contributed by atoms with Gasteiger partial charge >= 0.3 is 5.97 Å². The molecule has 0 saturated carbocycles. The topological polar surface area (TPSA) is 115 Å². The molecule has 0 aromatic carbocycles. The van der Waals surface area contributed by atoms with E-state index in [0.717, 1.165) is 51.4 Å². The van der Waals surface area contributed by atoms with Crippen molar-refractivity contribution in [1.29, 1.82) is 0 Å². The number of esters is 1. The molecule has 268 valence electrons. The Balaban J connectivity index is 1.23. The lowest BCUT2D eigenvalue weighted by atomic mass is 9.97. The van der Waals surface area contributed by atoms with Crippen molar-refractivity contribution in [2.75, 3.05) is 0 Å². The van der Waals surface area contributed by atoms with Crippen LogP contribution >= 0.6 is 0 Å². The number of rotatable bonds is 25. The number of cyclic esters (lactones) is 1. The summed E-state index contributed by atoms with van der Waals surface area (Å²) in [5, 5.41) is 31.8. The summed E-state index contributed by atoms with van der Waals surface area (Å²) >= 11 is 0. The molecular formula is C38H68O8. The van der Waals surface area contributed by atoms with Crippen molar-refractivity contribution < 1.29 is 39.1 Å². The Morgan fingerprint density at radius 3 is 2.00 bits per heavy atom. The molecule has 3 rings (SSSR count). The van der Waals surface area contributed by atoms with Gasteiger partial charge in [-0.2, -0.15) is 0 Å². The Bertz CT molecular complexity index is 875. The van der Waals surface area contributed by atoms with Crippen LogP contribution in [0.25, 0.3) is 0 Å². The molecule has 8 heteroatoms. The summed E-state index contributed by atoms with van der Waals surface area (Å²) in [5.74, 6) is -0.894. The highest BCUT2D eigenvalue weighted by molar-refractivity contribution is 5.90. The normalized spacial score (nSPS) is 27.9. The van der Waals surface area contributed by atoms with Crippen LogP contribution in [0.15, 0.2) is 11.6 Å². The molecule has 3 N–H and O–H groups in total. The number of carbonyl (C=O) groups excluding carboxylic acids is 1. The molecule has 0 amide bonds. The van der Waals surface area contributed by atoms with E-state index in [1.54, 1.807) is 6.08 Å². The van der Waals surface area contributed by atoms with Crippen LogP contribution in [0.4, 0.5) is 0 Å². The van der Waals surface area contributed by atoms with Gasteiger partial charge < -0.3 is 34.3 Å². The first-order chi connectivity index (χ1) is 22.1. The molecule has 0 radical (unpaired) electrons. The fraction of sp³-hybridized carbons (Fsp3) is 0.921. The zero-order chi connectivity index (χ0) is 33.4. The third-order valence-corrected chi connectivity index (χ3v) is 10.00. The lowest BCUT2D eigenvalue weighted by Crippen LogP contribution is -2.30. The molecule has 0 bridgehead atoms. The third-order valence-electron chi connectivity index (χ3n) is 10.00. The number of hydrogen-bond acceptors (Lipinski definition) is 8. The van der Waals surface area contributed by atoms with Crippen LogP contribution in [0, 0.1) is 0 Å². The van der Waals surface area contributed by atoms with Gasteiger partial charge in [-0.15, -0.1) is 0 Å². The molecule has 3 aliphatic rings. The average molecular weight is 653 g/mol. The van der Waals surface area contributed by atoms with E-state index >= 15 is 0 Å². The lowest BCUT2D eigenvalue weighted by Gasteiger charge is -2.23. The molecule has 3 aliphatic heterocycles. The average Bonchev–Trinajstić information content (AvgIpc) is 3.68. The van der Waals surface area contributed by atoms with Gasteiger partial charge in [0.2, 0.25) is 0 Å². The lowest BCUT2D eigenvalue weighted by molar-refractivity contribution is -0.148. The van der Waals surface area contributed by atoms with Crippen molar-refractivity contribution in [3.8, 4) is 0 Å². The van der Waals surface area contributed by atoms with E-state index in [4.69, 9.17) is 18.9 Å². The highest BCUT2D eigenvalue weighted by atomic mass is 16.7. The van der Waals surface area contributed by atoms with Gasteiger partial charge in [-0.1, -0.05) is 90.4 Å². The van der Waals surface area contributed by atoms with Crippen LogP contribution in [-0.2, 0) is 23.7 Å². The van der Waals surface area contributed by atoms with Gasteiger partial charge in [0.15, 0.2) is 5.79 Å². The second kappa shape index (κ2) is 21.1. The maximum atomic E-state index is 11.7. The fourth-order valence-electron chi connectivity index (χ4n) is 7.44. The minimum absolute atomic E-state index is 0.00311. The molecule has 2 unspecified atom stereocenters. The monoisotopic (exact) mass is 652 g/mol. The first-order valence-electron chi connectivity index (χ1n) is 19.0. The van der Waals surface area contributed by atoms with Crippen LogP contribution in [0.3, 0.4) is 0 Å². The Hall–Kier alpha value is -1.03. The predicted molar refractivity (Wildman–Crippen MR) is 181 cm³/mol. The third kappa shape index (κ3) is 15.0. The molecule has 2 fully saturated rings. The summed E-state index contributed by atoms with van der Waals surface area (Å²) in [6.07, 6.45) is 22.2. The molecule has 0 aliphatic carbocycles. The van der Waals surface area contributed by atoms with Crippen LogP contribution in [-0.4, -0.2) is 75.9 Å². The molecular weight excluding hydrogens is 584 g/mol. The van der Waals surface area contributed by atoms with Crippen molar-refractivity contribution in [3.05, 3.63) is 11.6 Å². The summed E-state index contributed by atoms with van der Waals surface area (Å²) in [6, 6.07) is 0. The van der Waals surface area contributed by atoms with E-state index in [-0.39, 0.29) is 36.5 Å². The standard InChI is InChI=1S/C38H68O8/c1-5-6-7-8-9-10-11-12-13-17-20-35-36(46-38(3,4)45-35)24-22-33(41)34-23-21-32(44-34)27-31(40)19-16-14-15-18-30(39)26-29-25-28(2)43-37(29)42/h25,28,30-36,39-41H,5-24,26-27H2,1-4H3/t28-,30+,31+,32-,33-,34-,35?,36?/m0/s1. The number of unbranched alkanes of at least 4 members (excludes halogenated alkanes) is 11. The van der Waals surface area contributed by atoms with Crippen molar-refractivity contribution in [1.82, 2.24) is 0 Å². The minimum atomic E-state index is -0.578. The minimum Gasteiger partial charge on any atom is -0.455 e. The van der Waals surface area contributed by atoms with Crippen molar-refractivity contribution in [3.63, 3.8) is 0 Å². The number of aliphatic hydroxyl groups is 3. The predicted octanol–water partition coefficient (Wildman–Crippen LogP) is 7.83. The molecule has 0 aromatic heterocycles. The highest BCUT2D eigenvalue weighted by Crippen LogP contribution is 2.35. The summed E-state index contributed by atoms with van der Waals surface area (Å²) in [5.41, 5.74) is 0.573. The van der Waals surface area contributed by atoms with Crippen LogP contribution in [0.5, 0.6) is 0 Å². The van der Waals surface area contributed by atoms with Crippen LogP contribution in [0.2, 0.25) is 0 Å². The van der Waals surface area contributed by atoms with Crippen molar-refractivity contribution >= 4 is 5.97 Å². The molecule has 46 heavy (non-hydrogen) atoms. The van der Waals surface area contributed by atoms with Gasteiger partial charge in [-0.25, -0.2) is 4.79 Å². The largest absolute Gasteiger partial charge is 0.455 e. The second-order valence-corrected chi connectivity index (χ2v) is 14.9. The van der Waals surface area contributed by atoms with E-state index in [2.05, 4.69) is 6.92 Å². The molecule has 0 spiro atoms. The first-order valence-corrected chi connectivity index (χ1v) is 19.0. The van der Waals surface area contributed by atoms with E-state index in [1.807, 2.05) is 20.8 Å². The first kappa shape index (κ1) is 39.4. The fourth-order valence-corrected chi connectivity index (χ4v) is 7.44. The molecule has 3 heterocycles. The van der Waals surface area contributed by atoms with Crippen LogP contribution < -0.4 is 0 Å². The van der Waals surface area contributed by atoms with E-state index < -0.39 is 24.1 Å². The van der Waals surface area contributed by atoms with Gasteiger partial charge in [0.1, 0.15) is 6.10 Å². The summed E-state index contributed by atoms with van der Waals surface area (Å²) in [6.45, 7) is 8.06. The second-order valence-electron chi connectivity index (χ2n) is 14.9. The summed E-state index contributed by atoms with van der Waals surface area (Å²) in [4.78, 5) is 11.7. The van der Waals surface area contributed by atoms with Gasteiger partial charge in [0, 0.05) is 12.0 Å².